The lowest BCUT2D eigenvalue weighted by Gasteiger charge is -2.56. The molecule has 0 unspecified atom stereocenters. The zero-order valence-electron chi connectivity index (χ0n) is 19.5. The summed E-state index contributed by atoms with van der Waals surface area (Å²) in [6.45, 7) is 4.22. The summed E-state index contributed by atoms with van der Waals surface area (Å²) in [5.74, 6) is -1.29. The van der Waals surface area contributed by atoms with E-state index >= 15 is 0 Å². The summed E-state index contributed by atoms with van der Waals surface area (Å²) >= 11 is 0. The number of fused-ring (bicyclic) bond motifs is 4. The maximum atomic E-state index is 14.1. The maximum absolute atomic E-state index is 14.1. The largest absolute Gasteiger partial charge is 0.372 e. The predicted molar refractivity (Wildman–Crippen MR) is 126 cm³/mol. The van der Waals surface area contributed by atoms with Crippen molar-refractivity contribution >= 4 is 29.2 Å². The lowest BCUT2D eigenvalue weighted by atomic mass is 9.66. The number of ether oxygens (including phenoxy) is 1. The number of nitro groups is 1. The van der Waals surface area contributed by atoms with Crippen molar-refractivity contribution < 1.29 is 24.0 Å². The molecule has 2 fully saturated rings. The fraction of sp³-hybridized carbons (Fsp3) is 0.400. The van der Waals surface area contributed by atoms with Crippen LogP contribution in [-0.2, 0) is 27.2 Å². The van der Waals surface area contributed by atoms with Gasteiger partial charge in [0.25, 0.3) is 5.69 Å². The highest BCUT2D eigenvalue weighted by atomic mass is 16.6. The van der Waals surface area contributed by atoms with Crippen molar-refractivity contribution in [1.29, 1.82) is 0 Å². The van der Waals surface area contributed by atoms with Crippen LogP contribution in [0.15, 0.2) is 48.5 Å². The Morgan fingerprint density at radius 2 is 1.89 bits per heavy atom. The molecule has 0 radical (unpaired) electrons. The van der Waals surface area contributed by atoms with Gasteiger partial charge in [0.1, 0.15) is 0 Å². The second-order valence-electron chi connectivity index (χ2n) is 9.42. The molecule has 3 aliphatic rings. The highest BCUT2D eigenvalue weighted by molar-refractivity contribution is 6.20. The minimum absolute atomic E-state index is 0.0625. The van der Waals surface area contributed by atoms with E-state index in [2.05, 4.69) is 5.32 Å². The molecule has 0 aliphatic carbocycles. The molecule has 182 valence electrons. The summed E-state index contributed by atoms with van der Waals surface area (Å²) in [5.41, 5.74) is 0.437. The molecule has 5 rings (SSSR count). The van der Waals surface area contributed by atoms with E-state index < -0.39 is 40.3 Å². The van der Waals surface area contributed by atoms with E-state index in [0.717, 1.165) is 16.2 Å². The summed E-state index contributed by atoms with van der Waals surface area (Å²) < 4.78 is 6.06. The van der Waals surface area contributed by atoms with Crippen molar-refractivity contribution in [2.24, 2.45) is 5.41 Å². The van der Waals surface area contributed by atoms with Gasteiger partial charge in [-0.3, -0.25) is 29.9 Å². The van der Waals surface area contributed by atoms with Crippen LogP contribution in [0.25, 0.3) is 0 Å². The topological polar surface area (TPSA) is 122 Å². The third-order valence-corrected chi connectivity index (χ3v) is 7.20. The van der Waals surface area contributed by atoms with Gasteiger partial charge in [-0.25, -0.2) is 4.79 Å². The fourth-order valence-corrected chi connectivity index (χ4v) is 5.77. The standard InChI is InChI=1S/C25H26N4O6/c1-15-14-28-20-9-8-19(29(33)34)12-18(20)13-25(21(28)16(2)35-15)22(30)26-24(32)27(23(25)31)11-10-17-6-4-3-5-7-17/h3-9,12,15-16,21H,10-11,13-14H2,1-2H3,(H,26,30,32)/t15-,16+,21-,25-/m1/s1. The van der Waals surface area contributed by atoms with E-state index in [1.54, 1.807) is 6.07 Å². The maximum Gasteiger partial charge on any atom is 0.330 e. The number of rotatable bonds is 4. The number of amides is 4. The van der Waals surface area contributed by atoms with Gasteiger partial charge < -0.3 is 9.64 Å². The smallest absolute Gasteiger partial charge is 0.330 e. The van der Waals surface area contributed by atoms with Crippen LogP contribution < -0.4 is 10.2 Å². The number of urea groups is 1. The minimum atomic E-state index is -1.66. The molecule has 10 nitrogen and oxygen atoms in total. The molecular weight excluding hydrogens is 452 g/mol. The minimum Gasteiger partial charge on any atom is -0.372 e. The van der Waals surface area contributed by atoms with Crippen molar-refractivity contribution in [1.82, 2.24) is 10.2 Å². The normalized spacial score (nSPS) is 27.9. The number of nitrogens with zero attached hydrogens (tertiary/aromatic N) is 3. The van der Waals surface area contributed by atoms with E-state index in [0.29, 0.717) is 18.5 Å². The van der Waals surface area contributed by atoms with Gasteiger partial charge in [0.2, 0.25) is 11.8 Å². The molecule has 0 aromatic heterocycles. The molecule has 35 heavy (non-hydrogen) atoms. The third-order valence-electron chi connectivity index (χ3n) is 7.20. The van der Waals surface area contributed by atoms with Crippen molar-refractivity contribution in [3.8, 4) is 0 Å². The average Bonchev–Trinajstić information content (AvgIpc) is 2.82. The number of carbonyl (C=O) groups excluding carboxylic acids is 3. The molecule has 1 spiro atoms. The van der Waals surface area contributed by atoms with E-state index in [1.807, 2.05) is 49.1 Å². The second kappa shape index (κ2) is 8.46. The van der Waals surface area contributed by atoms with Crippen molar-refractivity contribution in [2.45, 2.75) is 44.9 Å². The van der Waals surface area contributed by atoms with Crippen LogP contribution in [0.1, 0.15) is 25.0 Å². The quantitative estimate of drug-likeness (QED) is 0.407. The monoisotopic (exact) mass is 478 g/mol. The summed E-state index contributed by atoms with van der Waals surface area (Å²) in [7, 11) is 0. The van der Waals surface area contributed by atoms with Gasteiger partial charge in [-0.2, -0.15) is 0 Å². The van der Waals surface area contributed by atoms with Gasteiger partial charge in [0.15, 0.2) is 5.41 Å². The Morgan fingerprint density at radius 1 is 1.14 bits per heavy atom. The molecule has 2 saturated heterocycles. The van der Waals surface area contributed by atoms with E-state index in [-0.39, 0.29) is 24.8 Å². The molecule has 2 aromatic rings. The molecule has 0 saturated carbocycles. The number of hydrogen-bond acceptors (Lipinski definition) is 7. The van der Waals surface area contributed by atoms with Crippen LogP contribution >= 0.6 is 0 Å². The number of morpholine rings is 1. The van der Waals surface area contributed by atoms with Gasteiger partial charge in [-0.15, -0.1) is 0 Å². The van der Waals surface area contributed by atoms with Crippen LogP contribution in [0, 0.1) is 15.5 Å². The zero-order valence-corrected chi connectivity index (χ0v) is 19.5. The first-order valence-corrected chi connectivity index (χ1v) is 11.6. The highest BCUT2D eigenvalue weighted by Crippen LogP contribution is 2.48. The molecule has 0 bridgehead atoms. The van der Waals surface area contributed by atoms with Crippen molar-refractivity contribution in [3.63, 3.8) is 0 Å². The van der Waals surface area contributed by atoms with E-state index in [1.165, 1.54) is 12.1 Å². The zero-order chi connectivity index (χ0) is 24.9. The van der Waals surface area contributed by atoms with Gasteiger partial charge >= 0.3 is 6.03 Å². The summed E-state index contributed by atoms with van der Waals surface area (Å²) in [5, 5.41) is 13.9. The Kier molecular flexibility index (Phi) is 5.55. The van der Waals surface area contributed by atoms with Crippen LogP contribution in [0.3, 0.4) is 0 Å². The van der Waals surface area contributed by atoms with Crippen LogP contribution in [0.5, 0.6) is 0 Å². The summed E-state index contributed by atoms with van der Waals surface area (Å²) in [4.78, 5) is 54.4. The number of benzene rings is 2. The Hall–Kier alpha value is -3.79. The Balaban J connectivity index is 1.59. The third kappa shape index (κ3) is 3.65. The average molecular weight is 479 g/mol. The van der Waals surface area contributed by atoms with E-state index in [9.17, 15) is 24.5 Å². The fourth-order valence-electron chi connectivity index (χ4n) is 5.77. The van der Waals surface area contributed by atoms with Crippen LogP contribution in [0.2, 0.25) is 0 Å². The Morgan fingerprint density at radius 3 is 2.60 bits per heavy atom. The molecule has 4 amide bonds. The first-order chi connectivity index (χ1) is 16.7. The SMILES string of the molecule is C[C@@H]1CN2c3ccc([N+](=O)[O-])cc3C[C@]3(C(=O)NC(=O)N(CCc4ccccc4)C3=O)[C@H]2[C@H](C)O1. The first kappa shape index (κ1) is 23.0. The van der Waals surface area contributed by atoms with E-state index in [4.69, 9.17) is 4.74 Å². The van der Waals surface area contributed by atoms with Crippen molar-refractivity contribution in [3.05, 3.63) is 69.8 Å². The van der Waals surface area contributed by atoms with Gasteiger partial charge in [0, 0.05) is 37.3 Å². The Labute approximate surface area is 202 Å². The highest BCUT2D eigenvalue weighted by Gasteiger charge is 2.64. The molecular formula is C25H26N4O6. The molecule has 10 heteroatoms. The van der Waals surface area contributed by atoms with Crippen molar-refractivity contribution in [2.75, 3.05) is 18.0 Å². The predicted octanol–water partition coefficient (Wildman–Crippen LogP) is 2.44. The number of barbiturate groups is 1. The molecule has 1 N–H and O–H groups in total. The molecule has 3 heterocycles. The number of hydrogen-bond donors (Lipinski definition) is 1. The van der Waals surface area contributed by atoms with Gasteiger partial charge in [-0.05, 0) is 37.5 Å². The lowest BCUT2D eigenvalue weighted by molar-refractivity contribution is -0.384. The number of non-ortho nitro benzene ring substituents is 1. The number of carbonyl (C=O) groups is 3. The van der Waals surface area contributed by atoms with Crippen LogP contribution in [-0.4, -0.2) is 59.0 Å². The lowest BCUT2D eigenvalue weighted by Crippen LogP contribution is -2.75. The van der Waals surface area contributed by atoms with Crippen LogP contribution in [0.4, 0.5) is 16.2 Å². The summed E-state index contributed by atoms with van der Waals surface area (Å²) in [6, 6.07) is 12.5. The summed E-state index contributed by atoms with van der Waals surface area (Å²) in [6.07, 6.45) is -0.311. The second-order valence-corrected chi connectivity index (χ2v) is 9.42. The molecule has 4 atom stereocenters. The molecule has 2 aromatic carbocycles. The molecule has 3 aliphatic heterocycles. The number of nitrogens with one attached hydrogen (secondary N) is 1. The van der Waals surface area contributed by atoms with Gasteiger partial charge in [-0.1, -0.05) is 30.3 Å². The number of nitro benzene ring substituents is 1. The Bertz CT molecular complexity index is 1220. The first-order valence-electron chi connectivity index (χ1n) is 11.6. The number of anilines is 1. The number of imide groups is 2. The van der Waals surface area contributed by atoms with Gasteiger partial charge in [0.05, 0.1) is 23.2 Å².